The zero-order chi connectivity index (χ0) is 16.4. The van der Waals surface area contributed by atoms with Crippen molar-refractivity contribution in [1.29, 1.82) is 5.26 Å². The summed E-state index contributed by atoms with van der Waals surface area (Å²) in [6, 6.07) is 21.4. The molecule has 0 radical (unpaired) electrons. The second-order valence-electron chi connectivity index (χ2n) is 5.52. The van der Waals surface area contributed by atoms with Gasteiger partial charge in [0.2, 0.25) is 0 Å². The van der Waals surface area contributed by atoms with Crippen LogP contribution in [0.5, 0.6) is 0 Å². The molecule has 0 saturated heterocycles. The van der Waals surface area contributed by atoms with Crippen LogP contribution in [0, 0.1) is 11.3 Å². The van der Waals surface area contributed by atoms with Gasteiger partial charge in [-0.2, -0.15) is 5.26 Å². The fourth-order valence-corrected chi connectivity index (χ4v) is 2.16. The van der Waals surface area contributed by atoms with Crippen LogP contribution in [-0.4, -0.2) is 23.9 Å². The maximum absolute atomic E-state index is 10.5. The molecule has 0 aliphatic rings. The molecule has 2 aromatic carbocycles. The van der Waals surface area contributed by atoms with Gasteiger partial charge in [-0.1, -0.05) is 60.7 Å². The van der Waals surface area contributed by atoms with E-state index >= 15 is 0 Å². The molecule has 0 heterocycles. The van der Waals surface area contributed by atoms with Crippen LogP contribution >= 0.6 is 0 Å². The minimum absolute atomic E-state index is 0.0312. The lowest BCUT2D eigenvalue weighted by Crippen LogP contribution is -2.39. The summed E-state index contributed by atoms with van der Waals surface area (Å²) in [6.07, 6.45) is -0.0312. The molecule has 2 rings (SSSR count). The summed E-state index contributed by atoms with van der Waals surface area (Å²) >= 11 is 0. The first kappa shape index (κ1) is 17.2. The fourth-order valence-electron chi connectivity index (χ4n) is 2.16. The van der Waals surface area contributed by atoms with Crippen molar-refractivity contribution in [3.63, 3.8) is 0 Å². The number of rotatable bonds is 9. The first-order chi connectivity index (χ1) is 11.2. The molecular weight excluding hydrogens is 290 g/mol. The molecule has 0 atom stereocenters. The van der Waals surface area contributed by atoms with Gasteiger partial charge in [0.15, 0.2) is 0 Å². The number of ether oxygens (including phenoxy) is 2. The van der Waals surface area contributed by atoms with Crippen LogP contribution in [0.3, 0.4) is 0 Å². The van der Waals surface area contributed by atoms with E-state index in [-0.39, 0.29) is 19.6 Å². The van der Waals surface area contributed by atoms with Gasteiger partial charge in [-0.05, 0) is 11.1 Å². The summed E-state index contributed by atoms with van der Waals surface area (Å²) in [5.74, 6) is 0. The molecule has 0 fully saturated rings. The van der Waals surface area contributed by atoms with Crippen LogP contribution in [0.4, 0.5) is 0 Å². The zero-order valence-corrected chi connectivity index (χ0v) is 13.0. The van der Waals surface area contributed by atoms with Gasteiger partial charge in [0.05, 0.1) is 38.9 Å². The quantitative estimate of drug-likeness (QED) is 0.773. The Hall–Kier alpha value is -2.19. The molecule has 23 heavy (non-hydrogen) atoms. The molecule has 0 aromatic heterocycles. The van der Waals surface area contributed by atoms with E-state index in [0.717, 1.165) is 11.1 Å². The summed E-state index contributed by atoms with van der Waals surface area (Å²) in [5.41, 5.74) is 0.757. The van der Waals surface area contributed by atoms with E-state index in [4.69, 9.17) is 14.7 Å². The molecule has 1 N–H and O–H groups in total. The number of hydrogen-bond acceptors (Lipinski definition) is 4. The molecule has 0 amide bonds. The standard InChI is InChI=1S/C19H21NO3/c20-12-11-19(21,15-22-13-17-7-3-1-4-8-17)16-23-14-18-9-5-2-6-10-18/h1-10,21H,11,13-16H2. The first-order valence-electron chi connectivity index (χ1n) is 7.54. The summed E-state index contributed by atoms with van der Waals surface area (Å²) < 4.78 is 11.1. The van der Waals surface area contributed by atoms with Crippen molar-refractivity contribution in [2.75, 3.05) is 13.2 Å². The van der Waals surface area contributed by atoms with Crippen LogP contribution in [-0.2, 0) is 22.7 Å². The van der Waals surface area contributed by atoms with Gasteiger partial charge in [-0.3, -0.25) is 0 Å². The van der Waals surface area contributed by atoms with E-state index in [9.17, 15) is 5.11 Å². The van der Waals surface area contributed by atoms with Crippen molar-refractivity contribution in [3.05, 3.63) is 71.8 Å². The average Bonchev–Trinajstić information content (AvgIpc) is 2.57. The van der Waals surface area contributed by atoms with E-state index in [1.165, 1.54) is 0 Å². The van der Waals surface area contributed by atoms with Gasteiger partial charge in [0.1, 0.15) is 5.60 Å². The van der Waals surface area contributed by atoms with E-state index in [1.807, 2.05) is 66.7 Å². The number of aliphatic hydroxyl groups is 1. The van der Waals surface area contributed by atoms with Crippen LogP contribution in [0.1, 0.15) is 17.5 Å². The second kappa shape index (κ2) is 9.06. The van der Waals surface area contributed by atoms with Gasteiger partial charge in [0.25, 0.3) is 0 Å². The van der Waals surface area contributed by atoms with Gasteiger partial charge in [-0.15, -0.1) is 0 Å². The largest absolute Gasteiger partial charge is 0.384 e. The van der Waals surface area contributed by atoms with Crippen molar-refractivity contribution in [2.24, 2.45) is 0 Å². The molecule has 120 valence electrons. The molecule has 0 unspecified atom stereocenters. The maximum atomic E-state index is 10.5. The maximum Gasteiger partial charge on any atom is 0.124 e. The van der Waals surface area contributed by atoms with Crippen molar-refractivity contribution < 1.29 is 14.6 Å². The Labute approximate surface area is 136 Å². The van der Waals surface area contributed by atoms with E-state index in [0.29, 0.717) is 13.2 Å². The third kappa shape index (κ3) is 6.21. The van der Waals surface area contributed by atoms with Crippen LogP contribution in [0.25, 0.3) is 0 Å². The lowest BCUT2D eigenvalue weighted by atomic mass is 10.0. The Morgan fingerprint density at radius 3 is 1.65 bits per heavy atom. The van der Waals surface area contributed by atoms with Crippen molar-refractivity contribution in [3.8, 4) is 6.07 Å². The van der Waals surface area contributed by atoms with Crippen molar-refractivity contribution in [2.45, 2.75) is 25.2 Å². The Morgan fingerprint density at radius 2 is 1.26 bits per heavy atom. The van der Waals surface area contributed by atoms with Crippen LogP contribution in [0.15, 0.2) is 60.7 Å². The highest BCUT2D eigenvalue weighted by molar-refractivity contribution is 5.14. The summed E-state index contributed by atoms with van der Waals surface area (Å²) in [5, 5.41) is 19.4. The Kier molecular flexibility index (Phi) is 6.76. The predicted molar refractivity (Wildman–Crippen MR) is 87.4 cm³/mol. The molecule has 4 heteroatoms. The second-order valence-corrected chi connectivity index (χ2v) is 5.52. The van der Waals surface area contributed by atoms with Crippen LogP contribution in [0.2, 0.25) is 0 Å². The zero-order valence-electron chi connectivity index (χ0n) is 13.0. The number of benzene rings is 2. The summed E-state index contributed by atoms with van der Waals surface area (Å²) in [6.45, 7) is 0.912. The lowest BCUT2D eigenvalue weighted by molar-refractivity contribution is -0.0994. The molecule has 0 aliphatic heterocycles. The molecule has 2 aromatic rings. The molecule has 0 aliphatic carbocycles. The minimum Gasteiger partial charge on any atom is -0.384 e. The molecule has 0 spiro atoms. The Bertz CT molecular complexity index is 562. The van der Waals surface area contributed by atoms with Gasteiger partial charge >= 0.3 is 0 Å². The molecule has 0 saturated carbocycles. The highest BCUT2D eigenvalue weighted by atomic mass is 16.5. The topological polar surface area (TPSA) is 62.5 Å². The van der Waals surface area contributed by atoms with Crippen molar-refractivity contribution in [1.82, 2.24) is 0 Å². The molecular formula is C19H21NO3. The predicted octanol–water partition coefficient (Wildman–Crippen LogP) is 3.06. The molecule has 0 bridgehead atoms. The highest BCUT2D eigenvalue weighted by Gasteiger charge is 2.27. The lowest BCUT2D eigenvalue weighted by Gasteiger charge is -2.25. The van der Waals surface area contributed by atoms with Gasteiger partial charge in [-0.25, -0.2) is 0 Å². The normalized spacial score (nSPS) is 11.1. The Morgan fingerprint density at radius 1 is 0.826 bits per heavy atom. The monoisotopic (exact) mass is 311 g/mol. The minimum atomic E-state index is -1.29. The number of nitrogens with zero attached hydrogens (tertiary/aromatic N) is 1. The average molecular weight is 311 g/mol. The smallest absolute Gasteiger partial charge is 0.124 e. The summed E-state index contributed by atoms with van der Waals surface area (Å²) in [4.78, 5) is 0. The first-order valence-corrected chi connectivity index (χ1v) is 7.54. The Balaban J connectivity index is 1.79. The molecule has 4 nitrogen and oxygen atoms in total. The third-order valence-corrected chi connectivity index (χ3v) is 3.37. The highest BCUT2D eigenvalue weighted by Crippen LogP contribution is 2.14. The van der Waals surface area contributed by atoms with E-state index < -0.39 is 5.60 Å². The van der Waals surface area contributed by atoms with E-state index in [2.05, 4.69) is 0 Å². The van der Waals surface area contributed by atoms with Gasteiger partial charge in [0, 0.05) is 0 Å². The van der Waals surface area contributed by atoms with Gasteiger partial charge < -0.3 is 14.6 Å². The van der Waals surface area contributed by atoms with Crippen LogP contribution < -0.4 is 0 Å². The van der Waals surface area contributed by atoms with E-state index in [1.54, 1.807) is 0 Å². The fraction of sp³-hybridized carbons (Fsp3) is 0.316. The number of hydrogen-bond donors (Lipinski definition) is 1. The number of nitriles is 1. The third-order valence-electron chi connectivity index (χ3n) is 3.37. The van der Waals surface area contributed by atoms with Crippen molar-refractivity contribution >= 4 is 0 Å². The summed E-state index contributed by atoms with van der Waals surface area (Å²) in [7, 11) is 0. The SMILES string of the molecule is N#CCC(O)(COCc1ccccc1)COCc1ccccc1.